The maximum Gasteiger partial charge on any atom is 0.247 e. The van der Waals surface area contributed by atoms with Crippen molar-refractivity contribution in [3.63, 3.8) is 0 Å². The lowest BCUT2D eigenvalue weighted by atomic mass is 10.1. The average molecular weight is 395 g/mol. The highest BCUT2D eigenvalue weighted by Crippen LogP contribution is 2.37. The molecule has 2 aliphatic rings. The van der Waals surface area contributed by atoms with Gasteiger partial charge in [-0.2, -0.15) is 0 Å². The Morgan fingerprint density at radius 2 is 1.78 bits per heavy atom. The Morgan fingerprint density at radius 1 is 1.19 bits per heavy atom. The lowest BCUT2D eigenvalue weighted by Gasteiger charge is -2.29. The van der Waals surface area contributed by atoms with E-state index in [1.165, 1.54) is 31.6 Å². The monoisotopic (exact) mass is 394 g/mol. The minimum Gasteiger partial charge on any atom is -0.492 e. The first-order chi connectivity index (χ1) is 12.7. The molecule has 3 rings (SSSR count). The van der Waals surface area contributed by atoms with E-state index in [2.05, 4.69) is 4.90 Å². The molecule has 7 heteroatoms. The zero-order chi connectivity index (χ0) is 19.7. The van der Waals surface area contributed by atoms with Gasteiger partial charge in [-0.15, -0.1) is 0 Å². The fourth-order valence-corrected chi connectivity index (χ4v) is 5.47. The summed E-state index contributed by atoms with van der Waals surface area (Å²) >= 11 is 0. The number of benzene rings is 1. The van der Waals surface area contributed by atoms with Crippen LogP contribution in [0.25, 0.3) is 0 Å². The summed E-state index contributed by atoms with van der Waals surface area (Å²) in [6, 6.07) is 7.24. The van der Waals surface area contributed by atoms with Crippen molar-refractivity contribution < 1.29 is 17.9 Å². The predicted molar refractivity (Wildman–Crippen MR) is 107 cm³/mol. The van der Waals surface area contributed by atoms with E-state index in [-0.39, 0.29) is 5.25 Å². The number of sulfone groups is 1. The molecule has 1 amide bonds. The highest BCUT2D eigenvalue weighted by atomic mass is 32.2. The van der Waals surface area contributed by atoms with Crippen molar-refractivity contribution in [3.8, 4) is 5.75 Å². The van der Waals surface area contributed by atoms with E-state index in [9.17, 15) is 13.2 Å². The molecule has 0 unspecified atom stereocenters. The molecule has 0 radical (unpaired) electrons. The van der Waals surface area contributed by atoms with Crippen LogP contribution in [0.2, 0.25) is 0 Å². The van der Waals surface area contributed by atoms with Gasteiger partial charge in [0.15, 0.2) is 9.84 Å². The van der Waals surface area contributed by atoms with Gasteiger partial charge in [0.25, 0.3) is 0 Å². The zero-order valence-electron chi connectivity index (χ0n) is 16.5. The van der Waals surface area contributed by atoms with Crippen LogP contribution in [-0.4, -0.2) is 62.5 Å². The van der Waals surface area contributed by atoms with Crippen LogP contribution in [0, 0.1) is 0 Å². The Hall–Kier alpha value is -1.60. The molecule has 0 aromatic heterocycles. The van der Waals surface area contributed by atoms with Gasteiger partial charge < -0.3 is 9.64 Å². The first-order valence-electron chi connectivity index (χ1n) is 9.70. The number of anilines is 1. The SMILES string of the molecule is CN(C(=O)C(C)(C)S(=O)(=O)C1CC1)c1ccc(OCCN2CCCC2)cc1. The lowest BCUT2D eigenvalue weighted by molar-refractivity contribution is -0.120. The van der Waals surface area contributed by atoms with Crippen LogP contribution < -0.4 is 9.64 Å². The van der Waals surface area contributed by atoms with Crippen LogP contribution in [0.5, 0.6) is 5.75 Å². The first-order valence-corrected chi connectivity index (χ1v) is 11.2. The van der Waals surface area contributed by atoms with Crippen molar-refractivity contribution in [2.24, 2.45) is 0 Å². The summed E-state index contributed by atoms with van der Waals surface area (Å²) in [5.74, 6) is 0.348. The summed E-state index contributed by atoms with van der Waals surface area (Å²) in [5.41, 5.74) is 0.658. The molecule has 2 fully saturated rings. The van der Waals surface area contributed by atoms with E-state index in [1.54, 1.807) is 19.2 Å². The second kappa shape index (κ2) is 7.80. The third-order valence-electron chi connectivity index (χ3n) is 5.59. The number of likely N-dealkylation sites (tertiary alicyclic amines) is 1. The van der Waals surface area contributed by atoms with Crippen LogP contribution in [0.3, 0.4) is 0 Å². The molecule has 0 bridgehead atoms. The Morgan fingerprint density at radius 3 is 2.33 bits per heavy atom. The third kappa shape index (κ3) is 4.29. The quantitative estimate of drug-likeness (QED) is 0.678. The highest BCUT2D eigenvalue weighted by molar-refractivity contribution is 7.94. The summed E-state index contributed by atoms with van der Waals surface area (Å²) in [5, 5.41) is -0.365. The van der Waals surface area contributed by atoms with Gasteiger partial charge in [-0.05, 0) is 76.9 Å². The molecule has 1 saturated heterocycles. The number of hydrogen-bond acceptors (Lipinski definition) is 5. The van der Waals surface area contributed by atoms with Gasteiger partial charge in [-0.25, -0.2) is 8.42 Å². The Bertz CT molecular complexity index is 764. The summed E-state index contributed by atoms with van der Waals surface area (Å²) in [6.07, 6.45) is 3.85. The van der Waals surface area contributed by atoms with Crippen LogP contribution >= 0.6 is 0 Å². The van der Waals surface area contributed by atoms with Crippen LogP contribution in [0.15, 0.2) is 24.3 Å². The topological polar surface area (TPSA) is 66.9 Å². The predicted octanol–water partition coefficient (Wildman–Crippen LogP) is 2.48. The largest absolute Gasteiger partial charge is 0.492 e. The molecule has 27 heavy (non-hydrogen) atoms. The normalized spacial score (nSPS) is 18.5. The van der Waals surface area contributed by atoms with E-state index in [1.807, 2.05) is 12.1 Å². The Balaban J connectivity index is 1.59. The molecule has 6 nitrogen and oxygen atoms in total. The fourth-order valence-electron chi connectivity index (χ4n) is 3.50. The van der Waals surface area contributed by atoms with E-state index >= 15 is 0 Å². The number of amides is 1. The number of hydrogen-bond donors (Lipinski definition) is 0. The van der Waals surface area contributed by atoms with Crippen molar-refractivity contribution in [1.29, 1.82) is 0 Å². The minimum atomic E-state index is -3.47. The van der Waals surface area contributed by atoms with Gasteiger partial charge in [0, 0.05) is 19.3 Å². The molecule has 1 aliphatic carbocycles. The van der Waals surface area contributed by atoms with Gasteiger partial charge in [-0.1, -0.05) is 0 Å². The molecule has 1 saturated carbocycles. The van der Waals surface area contributed by atoms with Crippen LogP contribution in [0.1, 0.15) is 39.5 Å². The van der Waals surface area contributed by atoms with Crippen molar-refractivity contribution in [2.45, 2.75) is 49.5 Å². The van der Waals surface area contributed by atoms with Crippen molar-refractivity contribution in [2.75, 3.05) is 38.2 Å². The van der Waals surface area contributed by atoms with E-state index in [4.69, 9.17) is 4.74 Å². The Kier molecular flexibility index (Phi) is 5.82. The summed E-state index contributed by atoms with van der Waals surface area (Å²) in [7, 11) is -1.85. The first kappa shape index (κ1) is 20.1. The standard InChI is InChI=1S/C20H30N2O4S/c1-20(2,27(24,25)18-10-11-18)19(23)21(3)16-6-8-17(9-7-16)26-15-14-22-12-4-5-13-22/h6-9,18H,4-5,10-15H2,1-3H3. The lowest BCUT2D eigenvalue weighted by Crippen LogP contribution is -2.50. The summed E-state index contributed by atoms with van der Waals surface area (Å²) in [6.45, 7) is 6.88. The smallest absolute Gasteiger partial charge is 0.247 e. The number of rotatable bonds is 8. The molecule has 1 aromatic rings. The Labute approximate surface area is 162 Å². The number of ether oxygens (including phenoxy) is 1. The van der Waals surface area contributed by atoms with Gasteiger partial charge in [0.05, 0.1) is 5.25 Å². The molecule has 1 heterocycles. The molecule has 1 aliphatic heterocycles. The van der Waals surface area contributed by atoms with Crippen molar-refractivity contribution in [1.82, 2.24) is 4.90 Å². The number of nitrogens with zero attached hydrogens (tertiary/aromatic N) is 2. The molecule has 0 N–H and O–H groups in total. The molecule has 0 atom stereocenters. The van der Waals surface area contributed by atoms with Crippen molar-refractivity contribution in [3.05, 3.63) is 24.3 Å². The van der Waals surface area contributed by atoms with E-state index in [0.29, 0.717) is 25.1 Å². The van der Waals surface area contributed by atoms with Crippen molar-refractivity contribution >= 4 is 21.4 Å². The van der Waals surface area contributed by atoms with Gasteiger partial charge in [-0.3, -0.25) is 9.69 Å². The minimum absolute atomic E-state index is 0.365. The molecule has 1 aromatic carbocycles. The van der Waals surface area contributed by atoms with E-state index < -0.39 is 20.5 Å². The second-order valence-electron chi connectivity index (χ2n) is 8.01. The zero-order valence-corrected chi connectivity index (χ0v) is 17.3. The number of carbonyl (C=O) groups is 1. The van der Waals surface area contributed by atoms with Crippen LogP contribution in [0.4, 0.5) is 5.69 Å². The van der Waals surface area contributed by atoms with Crippen LogP contribution in [-0.2, 0) is 14.6 Å². The number of carbonyl (C=O) groups excluding carboxylic acids is 1. The fraction of sp³-hybridized carbons (Fsp3) is 0.650. The maximum atomic E-state index is 12.9. The van der Waals surface area contributed by atoms with Gasteiger partial charge >= 0.3 is 0 Å². The van der Waals surface area contributed by atoms with Gasteiger partial charge in [0.2, 0.25) is 5.91 Å². The van der Waals surface area contributed by atoms with Gasteiger partial charge in [0.1, 0.15) is 17.1 Å². The second-order valence-corrected chi connectivity index (χ2v) is 10.8. The molecule has 150 valence electrons. The molecular weight excluding hydrogens is 364 g/mol. The average Bonchev–Trinajstić information content (AvgIpc) is 3.39. The van der Waals surface area contributed by atoms with E-state index in [0.717, 1.165) is 25.4 Å². The summed E-state index contributed by atoms with van der Waals surface area (Å²) < 4.78 is 29.6. The molecule has 0 spiro atoms. The maximum absolute atomic E-state index is 12.9. The molecular formula is C20H30N2O4S. The summed E-state index contributed by atoms with van der Waals surface area (Å²) in [4.78, 5) is 16.7. The highest BCUT2D eigenvalue weighted by Gasteiger charge is 2.51. The third-order valence-corrected chi connectivity index (χ3v) is 8.54.